The first kappa shape index (κ1) is 23.8. The molecule has 0 aliphatic carbocycles. The Balaban J connectivity index is 1.46. The van der Waals surface area contributed by atoms with Crippen LogP contribution < -0.4 is 10.1 Å². The van der Waals surface area contributed by atoms with E-state index in [-0.39, 0.29) is 23.6 Å². The standard InChI is InChI=1S/C27H33N3O4/c1-34-23-12-10-21(11-13-23)25(31)28-24(27(33)29-16-6-3-7-17-29)20-14-18-30(19-15-20)26(32)22-8-4-2-5-9-22/h2,4-5,8-13,20,24H,3,6-7,14-19H2,1H3,(H,28,31)/t24-/m0/s1. The maximum Gasteiger partial charge on any atom is 0.253 e. The van der Waals surface area contributed by atoms with E-state index in [1.54, 1.807) is 31.4 Å². The van der Waals surface area contributed by atoms with Crippen molar-refractivity contribution in [3.05, 3.63) is 65.7 Å². The van der Waals surface area contributed by atoms with Crippen LogP contribution in [0.25, 0.3) is 0 Å². The van der Waals surface area contributed by atoms with Crippen LogP contribution in [0.4, 0.5) is 0 Å². The number of carbonyl (C=O) groups is 3. The number of likely N-dealkylation sites (tertiary alicyclic amines) is 2. The molecule has 3 amide bonds. The molecule has 1 N–H and O–H groups in total. The fourth-order valence-corrected chi connectivity index (χ4v) is 4.86. The molecule has 2 aliphatic rings. The van der Waals surface area contributed by atoms with Gasteiger partial charge in [0.05, 0.1) is 7.11 Å². The van der Waals surface area contributed by atoms with Crippen LogP contribution >= 0.6 is 0 Å². The number of nitrogens with zero attached hydrogens (tertiary/aromatic N) is 2. The van der Waals surface area contributed by atoms with E-state index >= 15 is 0 Å². The number of rotatable bonds is 6. The van der Waals surface area contributed by atoms with Crippen LogP contribution in [0.3, 0.4) is 0 Å². The van der Waals surface area contributed by atoms with Crippen LogP contribution in [0, 0.1) is 5.92 Å². The minimum absolute atomic E-state index is 0.00519. The molecule has 0 spiro atoms. The fourth-order valence-electron chi connectivity index (χ4n) is 4.86. The predicted octanol–water partition coefficient (Wildman–Crippen LogP) is 3.36. The van der Waals surface area contributed by atoms with Gasteiger partial charge in [0.25, 0.3) is 11.8 Å². The van der Waals surface area contributed by atoms with Crippen LogP contribution in [0.15, 0.2) is 54.6 Å². The van der Waals surface area contributed by atoms with Crippen molar-refractivity contribution in [2.75, 3.05) is 33.3 Å². The van der Waals surface area contributed by atoms with Crippen molar-refractivity contribution in [1.29, 1.82) is 0 Å². The molecule has 4 rings (SSSR count). The second-order valence-corrected chi connectivity index (χ2v) is 9.06. The van der Waals surface area contributed by atoms with Gasteiger partial charge in [0.15, 0.2) is 0 Å². The molecule has 7 heteroatoms. The topological polar surface area (TPSA) is 79.0 Å². The highest BCUT2D eigenvalue weighted by atomic mass is 16.5. The maximum absolute atomic E-state index is 13.5. The summed E-state index contributed by atoms with van der Waals surface area (Å²) in [6.07, 6.45) is 4.47. The van der Waals surface area contributed by atoms with Gasteiger partial charge in [-0.25, -0.2) is 0 Å². The zero-order valence-electron chi connectivity index (χ0n) is 19.7. The Morgan fingerprint density at radius 3 is 2.09 bits per heavy atom. The summed E-state index contributed by atoms with van der Waals surface area (Å²) >= 11 is 0. The second kappa shape index (κ2) is 11.2. The van der Waals surface area contributed by atoms with Crippen molar-refractivity contribution in [1.82, 2.24) is 15.1 Å². The van der Waals surface area contributed by atoms with E-state index < -0.39 is 6.04 Å². The maximum atomic E-state index is 13.5. The number of ether oxygens (including phenoxy) is 1. The molecule has 2 heterocycles. The van der Waals surface area contributed by atoms with Gasteiger partial charge in [0.1, 0.15) is 11.8 Å². The summed E-state index contributed by atoms with van der Waals surface area (Å²) < 4.78 is 5.18. The monoisotopic (exact) mass is 463 g/mol. The van der Waals surface area contributed by atoms with E-state index in [0.29, 0.717) is 42.8 Å². The van der Waals surface area contributed by atoms with Gasteiger partial charge in [-0.05, 0) is 74.4 Å². The highest BCUT2D eigenvalue weighted by Gasteiger charge is 2.36. The highest BCUT2D eigenvalue weighted by Crippen LogP contribution is 2.25. The number of hydrogen-bond acceptors (Lipinski definition) is 4. The lowest BCUT2D eigenvalue weighted by atomic mass is 9.87. The number of piperidine rings is 2. The van der Waals surface area contributed by atoms with E-state index in [1.807, 2.05) is 40.1 Å². The summed E-state index contributed by atoms with van der Waals surface area (Å²) in [7, 11) is 1.58. The Hall–Kier alpha value is -3.35. The first-order valence-corrected chi connectivity index (χ1v) is 12.1. The molecule has 0 saturated carbocycles. The number of amides is 3. The summed E-state index contributed by atoms with van der Waals surface area (Å²) in [5.74, 6) is 0.403. The van der Waals surface area contributed by atoms with Crippen molar-refractivity contribution >= 4 is 17.7 Å². The molecule has 34 heavy (non-hydrogen) atoms. The van der Waals surface area contributed by atoms with Gasteiger partial charge < -0.3 is 19.9 Å². The molecule has 1 atom stereocenters. The Morgan fingerprint density at radius 1 is 0.824 bits per heavy atom. The van der Waals surface area contributed by atoms with Crippen LogP contribution in [-0.4, -0.2) is 66.9 Å². The number of hydrogen-bond donors (Lipinski definition) is 1. The molecular weight excluding hydrogens is 430 g/mol. The van der Waals surface area contributed by atoms with Crippen molar-refractivity contribution < 1.29 is 19.1 Å². The molecule has 0 radical (unpaired) electrons. The summed E-state index contributed by atoms with van der Waals surface area (Å²) in [4.78, 5) is 43.2. The molecule has 2 saturated heterocycles. The highest BCUT2D eigenvalue weighted by molar-refractivity contribution is 5.98. The van der Waals surface area contributed by atoms with Crippen molar-refractivity contribution in [3.63, 3.8) is 0 Å². The van der Waals surface area contributed by atoms with E-state index in [9.17, 15) is 14.4 Å². The molecule has 0 bridgehead atoms. The Morgan fingerprint density at radius 2 is 1.47 bits per heavy atom. The summed E-state index contributed by atoms with van der Waals surface area (Å²) in [6, 6.07) is 15.6. The van der Waals surface area contributed by atoms with E-state index in [2.05, 4.69) is 5.32 Å². The van der Waals surface area contributed by atoms with Gasteiger partial charge >= 0.3 is 0 Å². The molecule has 180 valence electrons. The summed E-state index contributed by atoms with van der Waals surface area (Å²) in [5, 5.41) is 3.04. The minimum atomic E-state index is -0.596. The van der Waals surface area contributed by atoms with Crippen molar-refractivity contribution in [2.24, 2.45) is 5.92 Å². The predicted molar refractivity (Wildman–Crippen MR) is 130 cm³/mol. The SMILES string of the molecule is COc1ccc(C(=O)N[C@H](C(=O)N2CCCCC2)C2CCN(C(=O)c3ccccc3)CC2)cc1. The van der Waals surface area contributed by atoms with E-state index in [1.165, 1.54) is 0 Å². The number of methoxy groups -OCH3 is 1. The molecule has 0 unspecified atom stereocenters. The van der Waals surface area contributed by atoms with Crippen LogP contribution in [-0.2, 0) is 4.79 Å². The van der Waals surface area contributed by atoms with Gasteiger partial charge in [0, 0.05) is 37.3 Å². The van der Waals surface area contributed by atoms with Crippen LogP contribution in [0.5, 0.6) is 5.75 Å². The minimum Gasteiger partial charge on any atom is -0.497 e. The van der Waals surface area contributed by atoms with Gasteiger partial charge in [0.2, 0.25) is 5.91 Å². The number of carbonyl (C=O) groups excluding carboxylic acids is 3. The molecule has 0 aromatic heterocycles. The lowest BCUT2D eigenvalue weighted by Crippen LogP contribution is -2.55. The summed E-state index contributed by atoms with van der Waals surface area (Å²) in [5.41, 5.74) is 1.17. The van der Waals surface area contributed by atoms with Gasteiger partial charge in [-0.1, -0.05) is 18.2 Å². The van der Waals surface area contributed by atoms with Gasteiger partial charge in [-0.3, -0.25) is 14.4 Å². The fraction of sp³-hybridized carbons (Fsp3) is 0.444. The average Bonchev–Trinajstić information content (AvgIpc) is 2.92. The third-order valence-electron chi connectivity index (χ3n) is 6.89. The van der Waals surface area contributed by atoms with Crippen LogP contribution in [0.1, 0.15) is 52.8 Å². The van der Waals surface area contributed by atoms with Crippen molar-refractivity contribution in [2.45, 2.75) is 38.1 Å². The average molecular weight is 464 g/mol. The normalized spacial score (nSPS) is 17.7. The lowest BCUT2D eigenvalue weighted by molar-refractivity contribution is -0.136. The first-order chi connectivity index (χ1) is 16.6. The number of benzene rings is 2. The molecule has 2 aliphatic heterocycles. The van der Waals surface area contributed by atoms with E-state index in [4.69, 9.17) is 4.74 Å². The zero-order valence-corrected chi connectivity index (χ0v) is 19.7. The largest absolute Gasteiger partial charge is 0.497 e. The molecular formula is C27H33N3O4. The van der Waals surface area contributed by atoms with Gasteiger partial charge in [-0.15, -0.1) is 0 Å². The first-order valence-electron chi connectivity index (χ1n) is 12.1. The lowest BCUT2D eigenvalue weighted by Gasteiger charge is -2.38. The molecule has 2 fully saturated rings. The quantitative estimate of drug-likeness (QED) is 0.713. The zero-order chi connectivity index (χ0) is 23.9. The van der Waals surface area contributed by atoms with E-state index in [0.717, 1.165) is 32.4 Å². The Kier molecular flexibility index (Phi) is 7.83. The molecule has 7 nitrogen and oxygen atoms in total. The van der Waals surface area contributed by atoms with Crippen LogP contribution in [0.2, 0.25) is 0 Å². The third-order valence-corrected chi connectivity index (χ3v) is 6.89. The van der Waals surface area contributed by atoms with Crippen molar-refractivity contribution in [3.8, 4) is 5.75 Å². The Labute approximate surface area is 201 Å². The van der Waals surface area contributed by atoms with Gasteiger partial charge in [-0.2, -0.15) is 0 Å². The molecule has 2 aromatic rings. The molecule has 2 aromatic carbocycles. The summed E-state index contributed by atoms with van der Waals surface area (Å²) in [6.45, 7) is 2.61. The number of nitrogens with one attached hydrogen (secondary N) is 1. The third kappa shape index (κ3) is 5.58. The smallest absolute Gasteiger partial charge is 0.253 e. The Bertz CT molecular complexity index is 979. The second-order valence-electron chi connectivity index (χ2n) is 9.06.